The number of nitriles is 1. The molecule has 0 aromatic carbocycles. The Kier molecular flexibility index (Phi) is 2.27. The number of hydrogen-bond acceptors (Lipinski definition) is 3. The van der Waals surface area contributed by atoms with Crippen molar-refractivity contribution >= 4 is 0 Å². The zero-order chi connectivity index (χ0) is 9.31. The summed E-state index contributed by atoms with van der Waals surface area (Å²) in [4.78, 5) is 0. The van der Waals surface area contributed by atoms with Crippen molar-refractivity contribution in [2.45, 2.75) is 24.8 Å². The summed E-state index contributed by atoms with van der Waals surface area (Å²) in [5.74, 6) is 1.55. The van der Waals surface area contributed by atoms with Gasteiger partial charge in [-0.1, -0.05) is 0 Å². The molecular weight excluding hydrogens is 162 g/mol. The van der Waals surface area contributed by atoms with Crippen LogP contribution in [0.3, 0.4) is 0 Å². The van der Waals surface area contributed by atoms with Crippen molar-refractivity contribution in [1.29, 1.82) is 5.26 Å². The van der Waals surface area contributed by atoms with Gasteiger partial charge < -0.3 is 10.6 Å². The molecule has 2 aliphatic rings. The molecule has 3 heteroatoms. The van der Waals surface area contributed by atoms with E-state index in [9.17, 15) is 0 Å². The van der Waals surface area contributed by atoms with E-state index in [2.05, 4.69) is 16.7 Å². The maximum Gasteiger partial charge on any atom is 0.106 e. The summed E-state index contributed by atoms with van der Waals surface area (Å²) in [5, 5.41) is 15.7. The van der Waals surface area contributed by atoms with Crippen LogP contribution in [-0.2, 0) is 0 Å². The van der Waals surface area contributed by atoms with E-state index in [4.69, 9.17) is 5.26 Å². The zero-order valence-corrected chi connectivity index (χ0v) is 8.14. The molecule has 1 aliphatic heterocycles. The molecule has 2 N–H and O–H groups in total. The van der Waals surface area contributed by atoms with Crippen LogP contribution in [0.5, 0.6) is 0 Å². The van der Waals surface area contributed by atoms with E-state index >= 15 is 0 Å². The van der Waals surface area contributed by atoms with Gasteiger partial charge in [0.1, 0.15) is 5.54 Å². The van der Waals surface area contributed by atoms with Gasteiger partial charge in [0.2, 0.25) is 0 Å². The summed E-state index contributed by atoms with van der Waals surface area (Å²) in [6.45, 7) is 2.27. The number of hydrogen-bond donors (Lipinski definition) is 2. The Bertz CT molecular complexity index is 233. The summed E-state index contributed by atoms with van der Waals surface area (Å²) in [6, 6.07) is 2.44. The quantitative estimate of drug-likeness (QED) is 0.616. The van der Waals surface area contributed by atoms with E-state index in [1.54, 1.807) is 0 Å². The maximum absolute atomic E-state index is 9.13. The predicted molar refractivity (Wildman–Crippen MR) is 51.1 cm³/mol. The minimum atomic E-state index is -0.229. The molecule has 72 valence electrons. The fourth-order valence-corrected chi connectivity index (χ4v) is 2.73. The predicted octanol–water partition coefficient (Wildman–Crippen LogP) is 0.488. The van der Waals surface area contributed by atoms with E-state index in [1.807, 2.05) is 7.05 Å². The second kappa shape index (κ2) is 3.28. The van der Waals surface area contributed by atoms with Crippen molar-refractivity contribution in [3.8, 4) is 6.07 Å². The number of nitrogens with zero attached hydrogens (tertiary/aromatic N) is 1. The first-order chi connectivity index (χ1) is 6.29. The Morgan fingerprint density at radius 3 is 2.92 bits per heavy atom. The Hall–Kier alpha value is -0.590. The average molecular weight is 179 g/mol. The highest BCUT2D eigenvalue weighted by molar-refractivity contribution is 5.11. The van der Waals surface area contributed by atoms with Crippen LogP contribution in [0.4, 0.5) is 0 Å². The second-order valence-corrected chi connectivity index (χ2v) is 4.37. The van der Waals surface area contributed by atoms with Crippen LogP contribution < -0.4 is 10.6 Å². The van der Waals surface area contributed by atoms with Gasteiger partial charge in [-0.15, -0.1) is 0 Å². The van der Waals surface area contributed by atoms with Crippen LogP contribution in [-0.4, -0.2) is 25.7 Å². The Labute approximate surface area is 79.5 Å². The summed E-state index contributed by atoms with van der Waals surface area (Å²) in [5.41, 5.74) is -0.229. The molecule has 0 aromatic heterocycles. The van der Waals surface area contributed by atoms with Gasteiger partial charge >= 0.3 is 0 Å². The summed E-state index contributed by atoms with van der Waals surface area (Å²) in [7, 11) is 1.91. The molecule has 0 radical (unpaired) electrons. The largest absolute Gasteiger partial charge is 0.316 e. The third-order valence-electron chi connectivity index (χ3n) is 3.72. The first-order valence-electron chi connectivity index (χ1n) is 5.10. The topological polar surface area (TPSA) is 47.9 Å². The van der Waals surface area contributed by atoms with E-state index in [0.29, 0.717) is 0 Å². The molecule has 2 fully saturated rings. The van der Waals surface area contributed by atoms with Crippen molar-refractivity contribution in [3.05, 3.63) is 0 Å². The standard InChI is InChI=1S/C10H17N3/c1-12-10(7-11)3-2-8-5-13-6-9(8)4-10/h8-9,12-13H,2-6H2,1H3. The molecule has 1 heterocycles. The number of rotatable bonds is 1. The Balaban J connectivity index is 2.08. The molecule has 1 saturated heterocycles. The lowest BCUT2D eigenvalue weighted by molar-refractivity contribution is 0.204. The van der Waals surface area contributed by atoms with E-state index in [-0.39, 0.29) is 5.54 Å². The van der Waals surface area contributed by atoms with E-state index in [1.165, 1.54) is 6.42 Å². The summed E-state index contributed by atoms with van der Waals surface area (Å²) < 4.78 is 0. The van der Waals surface area contributed by atoms with Crippen LogP contribution in [0.15, 0.2) is 0 Å². The van der Waals surface area contributed by atoms with Gasteiger partial charge in [-0.25, -0.2) is 0 Å². The molecule has 1 aliphatic carbocycles. The third kappa shape index (κ3) is 1.45. The van der Waals surface area contributed by atoms with Crippen molar-refractivity contribution in [1.82, 2.24) is 10.6 Å². The van der Waals surface area contributed by atoms with E-state index in [0.717, 1.165) is 37.8 Å². The minimum Gasteiger partial charge on any atom is -0.316 e. The Morgan fingerprint density at radius 1 is 1.46 bits per heavy atom. The SMILES string of the molecule is CNC1(C#N)CCC2CNCC2C1. The number of fused-ring (bicyclic) bond motifs is 1. The molecule has 1 saturated carbocycles. The van der Waals surface area contributed by atoms with Gasteiger partial charge in [-0.3, -0.25) is 0 Å². The molecule has 0 aromatic rings. The smallest absolute Gasteiger partial charge is 0.106 e. The fraction of sp³-hybridized carbons (Fsp3) is 0.900. The third-order valence-corrected chi connectivity index (χ3v) is 3.72. The van der Waals surface area contributed by atoms with Crippen LogP contribution in [0.1, 0.15) is 19.3 Å². The first kappa shape index (κ1) is 8.98. The van der Waals surface area contributed by atoms with Gasteiger partial charge in [0.15, 0.2) is 0 Å². The summed E-state index contributed by atoms with van der Waals surface area (Å²) in [6.07, 6.45) is 3.24. The lowest BCUT2D eigenvalue weighted by Crippen LogP contribution is -2.47. The highest BCUT2D eigenvalue weighted by Crippen LogP contribution is 2.37. The van der Waals surface area contributed by atoms with Crippen LogP contribution >= 0.6 is 0 Å². The highest BCUT2D eigenvalue weighted by Gasteiger charge is 2.41. The van der Waals surface area contributed by atoms with Crippen molar-refractivity contribution in [2.24, 2.45) is 11.8 Å². The molecule has 3 unspecified atom stereocenters. The molecule has 0 spiro atoms. The van der Waals surface area contributed by atoms with Crippen LogP contribution in [0.25, 0.3) is 0 Å². The van der Waals surface area contributed by atoms with Crippen LogP contribution in [0, 0.1) is 23.2 Å². The van der Waals surface area contributed by atoms with Crippen molar-refractivity contribution in [2.75, 3.05) is 20.1 Å². The minimum absolute atomic E-state index is 0.229. The van der Waals surface area contributed by atoms with Crippen molar-refractivity contribution in [3.63, 3.8) is 0 Å². The molecular formula is C10H17N3. The van der Waals surface area contributed by atoms with Crippen molar-refractivity contribution < 1.29 is 0 Å². The molecule has 3 atom stereocenters. The van der Waals surface area contributed by atoms with Gasteiger partial charge in [0.25, 0.3) is 0 Å². The monoisotopic (exact) mass is 179 g/mol. The second-order valence-electron chi connectivity index (χ2n) is 4.37. The van der Waals surface area contributed by atoms with Crippen LogP contribution in [0.2, 0.25) is 0 Å². The molecule has 3 nitrogen and oxygen atoms in total. The average Bonchev–Trinajstić information content (AvgIpc) is 2.64. The zero-order valence-electron chi connectivity index (χ0n) is 8.14. The molecule has 0 bridgehead atoms. The van der Waals surface area contributed by atoms with Gasteiger partial charge in [0.05, 0.1) is 6.07 Å². The highest BCUT2D eigenvalue weighted by atomic mass is 15.0. The maximum atomic E-state index is 9.13. The molecule has 0 amide bonds. The first-order valence-corrected chi connectivity index (χ1v) is 5.10. The lowest BCUT2D eigenvalue weighted by atomic mass is 9.72. The van der Waals surface area contributed by atoms with Gasteiger partial charge in [-0.05, 0) is 51.2 Å². The number of nitrogens with one attached hydrogen (secondary N) is 2. The van der Waals surface area contributed by atoms with Gasteiger partial charge in [-0.2, -0.15) is 5.26 Å². The van der Waals surface area contributed by atoms with E-state index < -0.39 is 0 Å². The molecule has 2 rings (SSSR count). The lowest BCUT2D eigenvalue weighted by Gasteiger charge is -2.37. The van der Waals surface area contributed by atoms with Gasteiger partial charge in [0, 0.05) is 0 Å². The molecule has 13 heavy (non-hydrogen) atoms. The summed E-state index contributed by atoms with van der Waals surface area (Å²) >= 11 is 0. The fourth-order valence-electron chi connectivity index (χ4n) is 2.73. The Morgan fingerprint density at radius 2 is 2.23 bits per heavy atom. The normalized spacial score (nSPS) is 44.0.